The molecule has 0 unspecified atom stereocenters. The lowest BCUT2D eigenvalue weighted by atomic mass is 10.1. The van der Waals surface area contributed by atoms with Crippen LogP contribution in [0.2, 0.25) is 0 Å². The van der Waals surface area contributed by atoms with E-state index in [2.05, 4.69) is 69.2 Å². The van der Waals surface area contributed by atoms with Gasteiger partial charge < -0.3 is 14.6 Å². The van der Waals surface area contributed by atoms with Crippen LogP contribution in [-0.2, 0) is 29.2 Å². The van der Waals surface area contributed by atoms with Crippen molar-refractivity contribution in [3.05, 3.63) is 65.2 Å². The Labute approximate surface area is 199 Å². The number of hydrogen-bond acceptors (Lipinski definition) is 6. The Morgan fingerprint density at radius 2 is 1.88 bits per heavy atom. The van der Waals surface area contributed by atoms with Crippen molar-refractivity contribution < 1.29 is 9.53 Å². The third kappa shape index (κ3) is 6.22. The van der Waals surface area contributed by atoms with Gasteiger partial charge in [0.2, 0.25) is 5.91 Å². The normalized spacial score (nSPS) is 14.4. The molecule has 1 saturated heterocycles. The smallest absolute Gasteiger partial charge is 0.230 e. The predicted molar refractivity (Wildman–Crippen MR) is 131 cm³/mol. The summed E-state index contributed by atoms with van der Waals surface area (Å²) in [7, 11) is 0. The molecule has 0 aliphatic carbocycles. The molecular formula is C25H31N5O2S. The van der Waals surface area contributed by atoms with Crippen LogP contribution in [0.15, 0.2) is 53.7 Å². The fraction of sp³-hybridized carbons (Fsp3) is 0.400. The quantitative estimate of drug-likeness (QED) is 0.488. The van der Waals surface area contributed by atoms with Gasteiger partial charge in [-0.05, 0) is 31.0 Å². The number of carbonyl (C=O) groups excluding carboxylic acids is 1. The molecule has 1 aromatic heterocycles. The monoisotopic (exact) mass is 465 g/mol. The molecule has 2 aromatic carbocycles. The maximum absolute atomic E-state index is 12.6. The number of aromatic nitrogens is 3. The molecule has 7 nitrogen and oxygen atoms in total. The lowest BCUT2D eigenvalue weighted by Crippen LogP contribution is -2.36. The Morgan fingerprint density at radius 3 is 2.64 bits per heavy atom. The first kappa shape index (κ1) is 23.5. The summed E-state index contributed by atoms with van der Waals surface area (Å²) < 4.78 is 7.51. The second-order valence-electron chi connectivity index (χ2n) is 8.14. The number of nitrogens with one attached hydrogen (secondary N) is 1. The van der Waals surface area contributed by atoms with Gasteiger partial charge in [0.05, 0.1) is 19.0 Å². The highest BCUT2D eigenvalue weighted by Gasteiger charge is 2.16. The minimum absolute atomic E-state index is 0.0102. The van der Waals surface area contributed by atoms with Crippen LogP contribution < -0.4 is 5.32 Å². The van der Waals surface area contributed by atoms with E-state index in [0.29, 0.717) is 12.3 Å². The van der Waals surface area contributed by atoms with Crippen LogP contribution in [0.25, 0.3) is 11.4 Å². The van der Waals surface area contributed by atoms with E-state index >= 15 is 0 Å². The molecule has 0 atom stereocenters. The first-order valence-corrected chi connectivity index (χ1v) is 12.4. The zero-order chi connectivity index (χ0) is 23.0. The third-order valence-electron chi connectivity index (χ3n) is 5.73. The average Bonchev–Trinajstić information content (AvgIpc) is 3.26. The highest BCUT2D eigenvalue weighted by molar-refractivity contribution is 7.99. The summed E-state index contributed by atoms with van der Waals surface area (Å²) in [6.07, 6.45) is 0. The van der Waals surface area contributed by atoms with Gasteiger partial charge in [0.15, 0.2) is 11.0 Å². The summed E-state index contributed by atoms with van der Waals surface area (Å²) in [5.41, 5.74) is 4.62. The zero-order valence-electron chi connectivity index (χ0n) is 19.3. The second-order valence-corrected chi connectivity index (χ2v) is 9.09. The van der Waals surface area contributed by atoms with E-state index < -0.39 is 0 Å². The van der Waals surface area contributed by atoms with Crippen molar-refractivity contribution >= 4 is 17.7 Å². The van der Waals surface area contributed by atoms with Crippen molar-refractivity contribution in [1.29, 1.82) is 0 Å². The summed E-state index contributed by atoms with van der Waals surface area (Å²) in [6.45, 7) is 9.73. The van der Waals surface area contributed by atoms with Crippen LogP contribution in [0.1, 0.15) is 23.6 Å². The van der Waals surface area contributed by atoms with Crippen LogP contribution in [0.4, 0.5) is 0 Å². The Balaban J connectivity index is 1.33. The summed E-state index contributed by atoms with van der Waals surface area (Å²) in [4.78, 5) is 15.0. The van der Waals surface area contributed by atoms with Crippen molar-refractivity contribution in [3.63, 3.8) is 0 Å². The Hall–Kier alpha value is -2.68. The maximum Gasteiger partial charge on any atom is 0.230 e. The molecule has 3 aromatic rings. The molecule has 0 bridgehead atoms. The van der Waals surface area contributed by atoms with Crippen LogP contribution in [0.3, 0.4) is 0 Å². The van der Waals surface area contributed by atoms with E-state index in [-0.39, 0.29) is 5.91 Å². The number of morpholine rings is 1. The Bertz CT molecular complexity index is 1080. The van der Waals surface area contributed by atoms with E-state index in [1.807, 2.05) is 18.2 Å². The molecule has 8 heteroatoms. The summed E-state index contributed by atoms with van der Waals surface area (Å²) in [5, 5.41) is 12.6. The van der Waals surface area contributed by atoms with Crippen molar-refractivity contribution in [2.45, 2.75) is 38.6 Å². The molecule has 0 spiro atoms. The van der Waals surface area contributed by atoms with Crippen LogP contribution in [0.5, 0.6) is 0 Å². The minimum Gasteiger partial charge on any atom is -0.379 e. The number of ether oxygens (including phenoxy) is 1. The Morgan fingerprint density at radius 1 is 1.09 bits per heavy atom. The highest BCUT2D eigenvalue weighted by Crippen LogP contribution is 2.24. The summed E-state index contributed by atoms with van der Waals surface area (Å²) >= 11 is 1.42. The van der Waals surface area contributed by atoms with E-state index in [1.54, 1.807) is 0 Å². The van der Waals surface area contributed by atoms with Gasteiger partial charge in [-0.15, -0.1) is 10.2 Å². The topological polar surface area (TPSA) is 72.3 Å². The average molecular weight is 466 g/mol. The van der Waals surface area contributed by atoms with Crippen molar-refractivity contribution in [1.82, 2.24) is 25.0 Å². The molecule has 1 aliphatic heterocycles. The first-order chi connectivity index (χ1) is 16.1. The van der Waals surface area contributed by atoms with Gasteiger partial charge in [-0.2, -0.15) is 0 Å². The van der Waals surface area contributed by atoms with Gasteiger partial charge in [-0.1, -0.05) is 59.8 Å². The van der Waals surface area contributed by atoms with Crippen molar-refractivity contribution in [2.24, 2.45) is 0 Å². The van der Waals surface area contributed by atoms with Gasteiger partial charge in [0.1, 0.15) is 0 Å². The fourth-order valence-electron chi connectivity index (χ4n) is 3.94. The molecule has 0 saturated carbocycles. The molecule has 1 amide bonds. The Kier molecular flexibility index (Phi) is 8.15. The van der Waals surface area contributed by atoms with Crippen LogP contribution in [-0.4, -0.2) is 57.6 Å². The van der Waals surface area contributed by atoms with Crippen molar-refractivity contribution in [2.75, 3.05) is 32.1 Å². The first-order valence-electron chi connectivity index (χ1n) is 11.4. The van der Waals surface area contributed by atoms with E-state index in [4.69, 9.17) is 4.74 Å². The SMILES string of the molecule is CCn1c(SCC(=O)NCc2ccccc2CN2CCOCC2)nnc1-c1cccc(C)c1. The molecule has 1 aliphatic rings. The van der Waals surface area contributed by atoms with E-state index in [0.717, 1.165) is 61.5 Å². The molecule has 174 valence electrons. The number of aryl methyl sites for hydroxylation is 1. The standard InChI is InChI=1S/C25H31N5O2S/c1-3-30-24(20-10-6-7-19(2)15-20)27-28-25(30)33-18-23(31)26-16-21-8-4-5-9-22(21)17-29-11-13-32-14-12-29/h4-10,15H,3,11-14,16-18H2,1-2H3,(H,26,31). The number of carbonyl (C=O) groups is 1. The number of nitrogens with zero attached hydrogens (tertiary/aromatic N) is 4. The molecule has 33 heavy (non-hydrogen) atoms. The van der Waals surface area contributed by atoms with Crippen LogP contribution >= 0.6 is 11.8 Å². The minimum atomic E-state index is -0.0102. The van der Waals surface area contributed by atoms with Crippen LogP contribution in [0, 0.1) is 6.92 Å². The van der Waals surface area contributed by atoms with Gasteiger partial charge in [0.25, 0.3) is 0 Å². The number of thioether (sulfide) groups is 1. The predicted octanol–water partition coefficient (Wildman–Crippen LogP) is 3.51. The summed E-state index contributed by atoms with van der Waals surface area (Å²) in [6, 6.07) is 16.5. The fourth-order valence-corrected chi connectivity index (χ4v) is 4.77. The van der Waals surface area contributed by atoms with Gasteiger partial charge in [-0.3, -0.25) is 9.69 Å². The molecule has 1 fully saturated rings. The maximum atomic E-state index is 12.6. The highest BCUT2D eigenvalue weighted by atomic mass is 32.2. The van der Waals surface area contributed by atoms with E-state index in [9.17, 15) is 4.79 Å². The van der Waals surface area contributed by atoms with Gasteiger partial charge in [-0.25, -0.2) is 0 Å². The molecule has 1 N–H and O–H groups in total. The van der Waals surface area contributed by atoms with E-state index in [1.165, 1.54) is 22.9 Å². The van der Waals surface area contributed by atoms with Gasteiger partial charge in [0, 0.05) is 38.3 Å². The largest absolute Gasteiger partial charge is 0.379 e. The molecule has 0 radical (unpaired) electrons. The number of benzene rings is 2. The summed E-state index contributed by atoms with van der Waals surface area (Å²) in [5.74, 6) is 1.13. The number of hydrogen-bond donors (Lipinski definition) is 1. The zero-order valence-corrected chi connectivity index (χ0v) is 20.1. The lowest BCUT2D eigenvalue weighted by molar-refractivity contribution is -0.118. The lowest BCUT2D eigenvalue weighted by Gasteiger charge is -2.27. The number of rotatable bonds is 9. The molecular weight excluding hydrogens is 434 g/mol. The second kappa shape index (κ2) is 11.4. The molecule has 4 rings (SSSR count). The van der Waals surface area contributed by atoms with Crippen molar-refractivity contribution in [3.8, 4) is 11.4 Å². The molecule has 2 heterocycles. The third-order valence-corrected chi connectivity index (χ3v) is 6.70. The number of amides is 1. The van der Waals surface area contributed by atoms with Gasteiger partial charge >= 0.3 is 0 Å².